The second-order valence-corrected chi connectivity index (χ2v) is 9.09. The van der Waals surface area contributed by atoms with Crippen molar-refractivity contribution in [1.29, 1.82) is 0 Å². The Labute approximate surface area is 204 Å². The summed E-state index contributed by atoms with van der Waals surface area (Å²) in [4.78, 5) is 28.5. The Hall–Kier alpha value is -3.19. The lowest BCUT2D eigenvalue weighted by atomic mass is 9.84. The molecule has 178 valence electrons. The molecule has 2 heterocycles. The average molecular weight is 480 g/mol. The Balaban J connectivity index is 1.79. The van der Waals surface area contributed by atoms with Gasteiger partial charge in [0.1, 0.15) is 12.4 Å². The summed E-state index contributed by atoms with van der Waals surface area (Å²) in [7, 11) is 0. The predicted molar refractivity (Wildman–Crippen MR) is 131 cm³/mol. The number of ether oxygens (including phenoxy) is 3. The van der Waals surface area contributed by atoms with Crippen molar-refractivity contribution in [2.45, 2.75) is 43.8 Å². The normalized spacial score (nSPS) is 17.6. The molecule has 0 aliphatic carbocycles. The molecular weight excluding hydrogens is 450 g/mol. The van der Waals surface area contributed by atoms with Gasteiger partial charge < -0.3 is 19.1 Å². The van der Waals surface area contributed by atoms with Crippen molar-refractivity contribution in [3.63, 3.8) is 0 Å². The third-order valence-corrected chi connectivity index (χ3v) is 7.04. The zero-order valence-electron chi connectivity index (χ0n) is 19.7. The Morgan fingerprint density at radius 1 is 1.12 bits per heavy atom. The molecule has 6 nitrogen and oxygen atoms in total. The molecule has 0 radical (unpaired) electrons. The Morgan fingerprint density at radius 3 is 2.59 bits per heavy atom. The molecule has 0 spiro atoms. The van der Waals surface area contributed by atoms with Crippen molar-refractivity contribution in [2.24, 2.45) is 0 Å². The Morgan fingerprint density at radius 2 is 1.85 bits per heavy atom. The van der Waals surface area contributed by atoms with Crippen LogP contribution in [0.4, 0.5) is 4.79 Å². The van der Waals surface area contributed by atoms with Gasteiger partial charge in [0.25, 0.3) is 0 Å². The van der Waals surface area contributed by atoms with Crippen LogP contribution >= 0.6 is 11.8 Å². The molecule has 1 unspecified atom stereocenters. The van der Waals surface area contributed by atoms with Crippen LogP contribution in [0.2, 0.25) is 0 Å². The molecule has 0 fully saturated rings. The van der Waals surface area contributed by atoms with Gasteiger partial charge in [-0.3, -0.25) is 0 Å². The number of thioether (sulfide) groups is 1. The van der Waals surface area contributed by atoms with E-state index < -0.39 is 12.1 Å². The third-order valence-electron chi connectivity index (χ3n) is 5.88. The summed E-state index contributed by atoms with van der Waals surface area (Å²) in [6.07, 6.45) is 0.0894. The van der Waals surface area contributed by atoms with Gasteiger partial charge in [0.2, 0.25) is 0 Å². The predicted octanol–water partition coefficient (Wildman–Crippen LogP) is 6.00. The van der Waals surface area contributed by atoms with Gasteiger partial charge in [-0.25, -0.2) is 9.59 Å². The fourth-order valence-corrected chi connectivity index (χ4v) is 5.41. The summed E-state index contributed by atoms with van der Waals surface area (Å²) in [6.45, 7) is 6.83. The van der Waals surface area contributed by atoms with E-state index in [0.717, 1.165) is 34.0 Å². The fraction of sp³-hybridized carbons (Fsp3) is 0.333. The van der Waals surface area contributed by atoms with Gasteiger partial charge in [-0.15, -0.1) is 11.8 Å². The van der Waals surface area contributed by atoms with Crippen molar-refractivity contribution in [1.82, 2.24) is 4.90 Å². The minimum atomic E-state index is -0.775. The first kappa shape index (κ1) is 24.0. The van der Waals surface area contributed by atoms with E-state index >= 15 is 0 Å². The topological polar surface area (TPSA) is 65.1 Å². The number of hydrogen-bond acceptors (Lipinski definition) is 7. The molecule has 2 aliphatic rings. The standard InChI is InChI=1S/C27H29NO5S/c1-4-15-28-18(3)25(33-27(30)31-5-2)23(24-21(28)16-32-26(24)29)20-13-9-10-14-22(20)34-17-19-11-7-6-8-12-19/h6-14,23H,4-5,15-17H2,1-3H3. The number of allylic oxidation sites excluding steroid dienone is 2. The van der Waals surface area contributed by atoms with Crippen molar-refractivity contribution in [3.05, 3.63) is 88.5 Å². The number of carbonyl (C=O) groups excluding carboxylic acids is 2. The molecule has 2 aromatic rings. The van der Waals surface area contributed by atoms with Crippen LogP contribution in [0.3, 0.4) is 0 Å². The Kier molecular flexibility index (Phi) is 7.63. The summed E-state index contributed by atoms with van der Waals surface area (Å²) in [5.74, 6) is 0.264. The molecule has 1 atom stereocenters. The van der Waals surface area contributed by atoms with Crippen molar-refractivity contribution >= 4 is 23.9 Å². The second-order valence-electron chi connectivity index (χ2n) is 8.07. The van der Waals surface area contributed by atoms with Gasteiger partial charge in [-0.05, 0) is 37.5 Å². The molecular formula is C27H29NO5S. The number of carbonyl (C=O) groups is 2. The molecule has 7 heteroatoms. The summed E-state index contributed by atoms with van der Waals surface area (Å²) in [6, 6.07) is 18.2. The molecule has 34 heavy (non-hydrogen) atoms. The average Bonchev–Trinajstić information content (AvgIpc) is 3.22. The van der Waals surface area contributed by atoms with E-state index in [9.17, 15) is 9.59 Å². The van der Waals surface area contributed by atoms with Crippen LogP contribution < -0.4 is 0 Å². The van der Waals surface area contributed by atoms with E-state index in [4.69, 9.17) is 14.2 Å². The van der Waals surface area contributed by atoms with Crippen molar-refractivity contribution in [2.75, 3.05) is 19.8 Å². The van der Waals surface area contributed by atoms with Crippen LogP contribution in [0.1, 0.15) is 44.2 Å². The zero-order chi connectivity index (χ0) is 24.1. The monoisotopic (exact) mass is 479 g/mol. The highest BCUT2D eigenvalue weighted by molar-refractivity contribution is 7.98. The highest BCUT2D eigenvalue weighted by atomic mass is 32.2. The zero-order valence-corrected chi connectivity index (χ0v) is 20.5. The molecule has 0 aromatic heterocycles. The summed E-state index contributed by atoms with van der Waals surface area (Å²) in [5, 5.41) is 0. The largest absolute Gasteiger partial charge is 0.513 e. The molecule has 0 saturated heterocycles. The van der Waals surface area contributed by atoms with Gasteiger partial charge in [0, 0.05) is 17.2 Å². The third kappa shape index (κ3) is 4.85. The lowest BCUT2D eigenvalue weighted by Gasteiger charge is -2.35. The van der Waals surface area contributed by atoms with Crippen LogP contribution in [-0.4, -0.2) is 36.8 Å². The van der Waals surface area contributed by atoms with Crippen LogP contribution in [0, 0.1) is 0 Å². The van der Waals surface area contributed by atoms with E-state index in [1.165, 1.54) is 5.56 Å². The van der Waals surface area contributed by atoms with Gasteiger partial charge in [-0.2, -0.15) is 0 Å². The summed E-state index contributed by atoms with van der Waals surface area (Å²) in [5.41, 5.74) is 4.28. The maximum atomic E-state index is 13.0. The Bertz CT molecular complexity index is 1120. The van der Waals surface area contributed by atoms with Crippen LogP contribution in [0.15, 0.2) is 82.2 Å². The summed E-state index contributed by atoms with van der Waals surface area (Å²) >= 11 is 1.69. The maximum absolute atomic E-state index is 13.0. The van der Waals surface area contributed by atoms with Crippen molar-refractivity contribution in [3.8, 4) is 0 Å². The van der Waals surface area contributed by atoms with E-state index in [1.807, 2.05) is 54.3 Å². The quantitative estimate of drug-likeness (QED) is 0.340. The van der Waals surface area contributed by atoms with E-state index in [2.05, 4.69) is 19.1 Å². The van der Waals surface area contributed by atoms with E-state index in [0.29, 0.717) is 17.9 Å². The van der Waals surface area contributed by atoms with Crippen LogP contribution in [-0.2, 0) is 24.8 Å². The van der Waals surface area contributed by atoms with Gasteiger partial charge in [-0.1, -0.05) is 55.5 Å². The molecule has 0 amide bonds. The first-order valence-corrected chi connectivity index (χ1v) is 12.5. The number of cyclic esters (lactones) is 1. The van der Waals surface area contributed by atoms with Gasteiger partial charge >= 0.3 is 12.1 Å². The fourth-order valence-electron chi connectivity index (χ4n) is 4.37. The molecule has 0 saturated carbocycles. The SMILES string of the molecule is CCCN1C(C)=C(OC(=O)OCC)C(c2ccccc2SCc2ccccc2)C2=C1COC2=O. The van der Waals surface area contributed by atoms with Gasteiger partial charge in [0.15, 0.2) is 0 Å². The lowest BCUT2D eigenvalue weighted by Crippen LogP contribution is -2.33. The maximum Gasteiger partial charge on any atom is 0.513 e. The van der Waals surface area contributed by atoms with E-state index in [-0.39, 0.29) is 19.2 Å². The molecule has 2 aromatic carbocycles. The number of esters is 1. The first-order chi connectivity index (χ1) is 16.5. The number of hydrogen-bond donors (Lipinski definition) is 0. The molecule has 0 bridgehead atoms. The smallest absolute Gasteiger partial charge is 0.456 e. The highest BCUT2D eigenvalue weighted by Gasteiger charge is 2.44. The van der Waals surface area contributed by atoms with Crippen molar-refractivity contribution < 1.29 is 23.8 Å². The number of rotatable bonds is 8. The summed E-state index contributed by atoms with van der Waals surface area (Å²) < 4.78 is 16.4. The molecule has 0 N–H and O–H groups in total. The van der Waals surface area contributed by atoms with E-state index in [1.54, 1.807) is 18.7 Å². The first-order valence-electron chi connectivity index (χ1n) is 11.5. The lowest BCUT2D eigenvalue weighted by molar-refractivity contribution is -0.136. The minimum Gasteiger partial charge on any atom is -0.456 e. The number of nitrogens with zero attached hydrogens (tertiary/aromatic N) is 1. The van der Waals surface area contributed by atoms with Crippen LogP contribution in [0.5, 0.6) is 0 Å². The highest BCUT2D eigenvalue weighted by Crippen LogP contribution is 2.47. The minimum absolute atomic E-state index is 0.202. The van der Waals surface area contributed by atoms with Gasteiger partial charge in [0.05, 0.1) is 29.5 Å². The van der Waals surface area contributed by atoms with Crippen LogP contribution in [0.25, 0.3) is 0 Å². The molecule has 2 aliphatic heterocycles. The molecule has 4 rings (SSSR count). The second kappa shape index (κ2) is 10.8. The number of benzene rings is 2.